The minimum atomic E-state index is -0.597. The summed E-state index contributed by atoms with van der Waals surface area (Å²) < 4.78 is 5.25. The van der Waals surface area contributed by atoms with E-state index in [0.29, 0.717) is 13.0 Å². The standard InChI is InChI=1S/C12H26N2O3/c1-3-5-6-10(12(16)14-13)8-11(15)9-17-7-4-2/h10-11,15H,3-9,13H2,1-2H3,(H,14,16)/t10-,11-/m1/s1. The minimum absolute atomic E-state index is 0.201. The predicted molar refractivity (Wildman–Crippen MR) is 67.1 cm³/mol. The Morgan fingerprint density at radius 1 is 1.41 bits per heavy atom. The number of rotatable bonds is 10. The van der Waals surface area contributed by atoms with E-state index in [9.17, 15) is 9.90 Å². The van der Waals surface area contributed by atoms with Crippen molar-refractivity contribution in [3.05, 3.63) is 0 Å². The van der Waals surface area contributed by atoms with Gasteiger partial charge in [0.05, 0.1) is 12.7 Å². The van der Waals surface area contributed by atoms with Crippen LogP contribution >= 0.6 is 0 Å². The number of ether oxygens (including phenoxy) is 1. The highest BCUT2D eigenvalue weighted by atomic mass is 16.5. The van der Waals surface area contributed by atoms with Crippen molar-refractivity contribution in [1.29, 1.82) is 0 Å². The molecule has 0 aliphatic carbocycles. The Kier molecular flexibility index (Phi) is 10.1. The van der Waals surface area contributed by atoms with Crippen LogP contribution in [0.25, 0.3) is 0 Å². The van der Waals surface area contributed by atoms with E-state index in [-0.39, 0.29) is 18.4 Å². The molecule has 0 fully saturated rings. The van der Waals surface area contributed by atoms with Crippen LogP contribution < -0.4 is 11.3 Å². The van der Waals surface area contributed by atoms with Gasteiger partial charge >= 0.3 is 0 Å². The van der Waals surface area contributed by atoms with Crippen LogP contribution in [0.2, 0.25) is 0 Å². The lowest BCUT2D eigenvalue weighted by Crippen LogP contribution is -2.38. The molecule has 17 heavy (non-hydrogen) atoms. The Labute approximate surface area is 104 Å². The third-order valence-corrected chi connectivity index (χ3v) is 2.63. The first-order valence-electron chi connectivity index (χ1n) is 6.41. The monoisotopic (exact) mass is 246 g/mol. The van der Waals surface area contributed by atoms with Crippen LogP contribution in [0, 0.1) is 5.92 Å². The zero-order valence-electron chi connectivity index (χ0n) is 10.9. The molecule has 2 atom stereocenters. The Balaban J connectivity index is 3.98. The predicted octanol–water partition coefficient (Wildman–Crippen LogP) is 0.960. The first-order valence-corrected chi connectivity index (χ1v) is 6.41. The molecular weight excluding hydrogens is 220 g/mol. The van der Waals surface area contributed by atoms with Gasteiger partial charge in [-0.1, -0.05) is 26.7 Å². The molecule has 0 aliphatic rings. The lowest BCUT2D eigenvalue weighted by molar-refractivity contribution is -0.126. The summed E-state index contributed by atoms with van der Waals surface area (Å²) in [5, 5.41) is 9.74. The van der Waals surface area contributed by atoms with Gasteiger partial charge in [0.2, 0.25) is 5.91 Å². The van der Waals surface area contributed by atoms with E-state index in [0.717, 1.165) is 25.7 Å². The number of nitrogens with one attached hydrogen (secondary N) is 1. The Bertz CT molecular complexity index is 200. The fraction of sp³-hybridized carbons (Fsp3) is 0.917. The first kappa shape index (κ1) is 16.4. The van der Waals surface area contributed by atoms with Gasteiger partial charge in [0.15, 0.2) is 0 Å². The topological polar surface area (TPSA) is 84.6 Å². The van der Waals surface area contributed by atoms with Crippen LogP contribution in [0.1, 0.15) is 46.0 Å². The minimum Gasteiger partial charge on any atom is -0.391 e. The van der Waals surface area contributed by atoms with Crippen molar-refractivity contribution < 1.29 is 14.6 Å². The van der Waals surface area contributed by atoms with Crippen molar-refractivity contribution in [2.45, 2.75) is 52.1 Å². The normalized spacial score (nSPS) is 14.4. The summed E-state index contributed by atoms with van der Waals surface area (Å²) in [7, 11) is 0. The maximum absolute atomic E-state index is 11.5. The molecule has 0 aromatic rings. The van der Waals surface area contributed by atoms with Gasteiger partial charge in [0, 0.05) is 12.5 Å². The van der Waals surface area contributed by atoms with Crippen LogP contribution in [-0.2, 0) is 9.53 Å². The number of nitrogens with two attached hydrogens (primary N) is 1. The van der Waals surface area contributed by atoms with E-state index in [4.69, 9.17) is 10.6 Å². The molecule has 0 saturated heterocycles. The summed E-state index contributed by atoms with van der Waals surface area (Å²) in [4.78, 5) is 11.5. The van der Waals surface area contributed by atoms with Gasteiger partial charge in [0.25, 0.3) is 0 Å². The van der Waals surface area contributed by atoms with E-state index >= 15 is 0 Å². The van der Waals surface area contributed by atoms with Gasteiger partial charge in [-0.25, -0.2) is 5.84 Å². The van der Waals surface area contributed by atoms with Crippen molar-refractivity contribution in [3.63, 3.8) is 0 Å². The van der Waals surface area contributed by atoms with E-state index in [1.165, 1.54) is 0 Å². The number of amides is 1. The number of unbranched alkanes of at least 4 members (excludes halogenated alkanes) is 1. The molecule has 5 heteroatoms. The van der Waals surface area contributed by atoms with Gasteiger partial charge in [-0.05, 0) is 19.3 Å². The number of carbonyl (C=O) groups is 1. The van der Waals surface area contributed by atoms with Crippen molar-refractivity contribution in [3.8, 4) is 0 Å². The average Bonchev–Trinajstić information content (AvgIpc) is 2.33. The second-order valence-electron chi connectivity index (χ2n) is 4.31. The molecule has 0 spiro atoms. The summed E-state index contributed by atoms with van der Waals surface area (Å²) in [6, 6.07) is 0. The quantitative estimate of drug-likeness (QED) is 0.232. The second kappa shape index (κ2) is 10.5. The lowest BCUT2D eigenvalue weighted by atomic mass is 9.95. The van der Waals surface area contributed by atoms with Crippen molar-refractivity contribution in [2.75, 3.05) is 13.2 Å². The van der Waals surface area contributed by atoms with Crippen molar-refractivity contribution in [1.82, 2.24) is 5.43 Å². The van der Waals surface area contributed by atoms with Gasteiger partial charge < -0.3 is 9.84 Å². The van der Waals surface area contributed by atoms with Crippen LogP contribution in [-0.4, -0.2) is 30.3 Å². The van der Waals surface area contributed by atoms with Gasteiger partial charge in [-0.3, -0.25) is 10.2 Å². The summed E-state index contributed by atoms with van der Waals surface area (Å²) in [6.45, 7) is 5.00. The molecule has 0 saturated carbocycles. The average molecular weight is 246 g/mol. The van der Waals surface area contributed by atoms with Gasteiger partial charge in [-0.2, -0.15) is 0 Å². The van der Waals surface area contributed by atoms with Gasteiger partial charge in [0.1, 0.15) is 0 Å². The molecule has 0 aromatic carbocycles. The van der Waals surface area contributed by atoms with Crippen LogP contribution in [0.5, 0.6) is 0 Å². The fourth-order valence-electron chi connectivity index (χ4n) is 1.68. The molecule has 0 heterocycles. The zero-order chi connectivity index (χ0) is 13.1. The van der Waals surface area contributed by atoms with E-state index in [1.807, 2.05) is 6.92 Å². The highest BCUT2D eigenvalue weighted by molar-refractivity contribution is 5.77. The molecule has 0 unspecified atom stereocenters. The molecule has 0 rings (SSSR count). The first-order chi connectivity index (χ1) is 8.15. The number of aliphatic hydroxyl groups is 1. The number of carbonyl (C=O) groups excluding carboxylic acids is 1. The molecule has 4 N–H and O–H groups in total. The van der Waals surface area contributed by atoms with Gasteiger partial charge in [-0.15, -0.1) is 0 Å². The van der Waals surface area contributed by atoms with Crippen LogP contribution in [0.3, 0.4) is 0 Å². The maximum atomic E-state index is 11.5. The van der Waals surface area contributed by atoms with E-state index < -0.39 is 6.10 Å². The fourth-order valence-corrected chi connectivity index (χ4v) is 1.68. The lowest BCUT2D eigenvalue weighted by Gasteiger charge is -2.18. The zero-order valence-corrected chi connectivity index (χ0v) is 10.9. The van der Waals surface area contributed by atoms with E-state index in [1.54, 1.807) is 0 Å². The largest absolute Gasteiger partial charge is 0.391 e. The third-order valence-electron chi connectivity index (χ3n) is 2.63. The number of aliphatic hydroxyl groups excluding tert-OH is 1. The highest BCUT2D eigenvalue weighted by Crippen LogP contribution is 2.15. The van der Waals surface area contributed by atoms with Crippen molar-refractivity contribution in [2.24, 2.45) is 11.8 Å². The van der Waals surface area contributed by atoms with Crippen LogP contribution in [0.4, 0.5) is 0 Å². The highest BCUT2D eigenvalue weighted by Gasteiger charge is 2.20. The number of hydrogen-bond donors (Lipinski definition) is 3. The molecule has 102 valence electrons. The molecule has 0 radical (unpaired) electrons. The molecular formula is C12H26N2O3. The number of hydrogen-bond acceptors (Lipinski definition) is 4. The number of hydrazine groups is 1. The SMILES string of the molecule is CCCC[C@H](C[C@@H](O)COCCC)C(=O)NN. The summed E-state index contributed by atoms with van der Waals surface area (Å²) in [6.07, 6.45) is 3.48. The Morgan fingerprint density at radius 3 is 2.65 bits per heavy atom. The summed E-state index contributed by atoms with van der Waals surface area (Å²) in [5.41, 5.74) is 2.16. The smallest absolute Gasteiger partial charge is 0.237 e. The Hall–Kier alpha value is -0.650. The Morgan fingerprint density at radius 2 is 2.12 bits per heavy atom. The third kappa shape index (κ3) is 8.12. The van der Waals surface area contributed by atoms with Crippen molar-refractivity contribution >= 4 is 5.91 Å². The molecule has 0 bridgehead atoms. The molecule has 5 nitrogen and oxygen atoms in total. The second-order valence-corrected chi connectivity index (χ2v) is 4.31. The summed E-state index contributed by atoms with van der Waals surface area (Å²) in [5.74, 6) is 4.71. The van der Waals surface area contributed by atoms with E-state index in [2.05, 4.69) is 12.3 Å². The molecule has 0 aromatic heterocycles. The summed E-state index contributed by atoms with van der Waals surface area (Å²) >= 11 is 0. The van der Waals surface area contributed by atoms with Crippen LogP contribution in [0.15, 0.2) is 0 Å². The maximum Gasteiger partial charge on any atom is 0.237 e. The molecule has 0 aliphatic heterocycles. The molecule has 1 amide bonds.